The van der Waals surface area contributed by atoms with E-state index < -0.39 is 0 Å². The number of amides is 1. The van der Waals surface area contributed by atoms with Gasteiger partial charge in [0.15, 0.2) is 0 Å². The molecule has 3 heterocycles. The Kier molecular flexibility index (Phi) is 6.51. The molecule has 26 heavy (non-hydrogen) atoms. The SMILES string of the molecule is Cc1ccc(CN2Cc3cccn3C[C@@H](CCOCC(=O)N(C)C)C2)s1. The molecule has 2 aromatic rings. The van der Waals surface area contributed by atoms with Gasteiger partial charge in [0.2, 0.25) is 5.91 Å². The molecule has 0 unspecified atom stereocenters. The van der Waals surface area contributed by atoms with E-state index in [0.717, 1.165) is 32.6 Å². The fraction of sp³-hybridized carbons (Fsp3) is 0.550. The number of nitrogens with zero attached hydrogens (tertiary/aromatic N) is 3. The Hall–Kier alpha value is -1.63. The Bertz CT molecular complexity index is 722. The highest BCUT2D eigenvalue weighted by atomic mass is 32.1. The second-order valence-corrected chi connectivity index (χ2v) is 8.70. The standard InChI is InChI=1S/C20H29N3O2S/c1-16-6-7-19(26-16)14-22-11-17(8-10-25-15-20(24)21(2)3)12-23-9-4-5-18(23)13-22/h4-7,9,17H,8,10-15H2,1-3H3/t17-/m0/s1. The summed E-state index contributed by atoms with van der Waals surface area (Å²) in [6, 6.07) is 8.81. The van der Waals surface area contributed by atoms with Crippen molar-refractivity contribution in [1.82, 2.24) is 14.4 Å². The summed E-state index contributed by atoms with van der Waals surface area (Å²) in [4.78, 5) is 18.5. The predicted molar refractivity (Wildman–Crippen MR) is 105 cm³/mol. The zero-order chi connectivity index (χ0) is 18.5. The monoisotopic (exact) mass is 375 g/mol. The molecule has 0 radical (unpaired) electrons. The molecule has 0 saturated heterocycles. The number of aryl methyl sites for hydroxylation is 1. The quantitative estimate of drug-likeness (QED) is 0.698. The second-order valence-electron chi connectivity index (χ2n) is 7.33. The van der Waals surface area contributed by atoms with Crippen molar-refractivity contribution in [3.8, 4) is 0 Å². The molecule has 1 aliphatic heterocycles. The van der Waals surface area contributed by atoms with Crippen molar-refractivity contribution in [2.75, 3.05) is 33.9 Å². The van der Waals surface area contributed by atoms with Gasteiger partial charge in [-0.3, -0.25) is 9.69 Å². The van der Waals surface area contributed by atoms with Gasteiger partial charge >= 0.3 is 0 Å². The molecule has 0 saturated carbocycles. The number of likely N-dealkylation sites (N-methyl/N-ethyl adjacent to an activating group) is 1. The first kappa shape index (κ1) is 19.1. The lowest BCUT2D eigenvalue weighted by molar-refractivity contribution is -0.133. The van der Waals surface area contributed by atoms with Crippen LogP contribution in [0.1, 0.15) is 21.9 Å². The van der Waals surface area contributed by atoms with Gasteiger partial charge < -0.3 is 14.2 Å². The van der Waals surface area contributed by atoms with E-state index in [0.29, 0.717) is 12.5 Å². The largest absolute Gasteiger partial charge is 0.372 e. The van der Waals surface area contributed by atoms with Crippen LogP contribution in [0.3, 0.4) is 0 Å². The summed E-state index contributed by atoms with van der Waals surface area (Å²) in [6.45, 7) is 7.04. The predicted octanol–water partition coefficient (Wildman–Crippen LogP) is 2.98. The van der Waals surface area contributed by atoms with Crippen molar-refractivity contribution in [3.63, 3.8) is 0 Å². The minimum atomic E-state index is 0.0215. The lowest BCUT2D eigenvalue weighted by Gasteiger charge is -2.23. The molecule has 1 amide bonds. The highest BCUT2D eigenvalue weighted by molar-refractivity contribution is 7.11. The maximum atomic E-state index is 11.6. The molecule has 3 rings (SSSR count). The number of carbonyl (C=O) groups excluding carboxylic acids is 1. The van der Waals surface area contributed by atoms with Crippen LogP contribution >= 0.6 is 11.3 Å². The fourth-order valence-electron chi connectivity index (χ4n) is 3.40. The molecule has 1 aliphatic rings. The molecule has 0 aliphatic carbocycles. The van der Waals surface area contributed by atoms with E-state index >= 15 is 0 Å². The fourth-order valence-corrected chi connectivity index (χ4v) is 4.33. The van der Waals surface area contributed by atoms with Crippen molar-refractivity contribution in [2.24, 2.45) is 5.92 Å². The maximum absolute atomic E-state index is 11.6. The summed E-state index contributed by atoms with van der Waals surface area (Å²) in [5.74, 6) is 0.549. The molecule has 2 aromatic heterocycles. The van der Waals surface area contributed by atoms with E-state index in [-0.39, 0.29) is 12.5 Å². The van der Waals surface area contributed by atoms with Gasteiger partial charge in [-0.2, -0.15) is 0 Å². The summed E-state index contributed by atoms with van der Waals surface area (Å²) in [7, 11) is 3.52. The van der Waals surface area contributed by atoms with Gasteiger partial charge in [0.05, 0.1) is 0 Å². The summed E-state index contributed by atoms with van der Waals surface area (Å²) < 4.78 is 7.98. The van der Waals surface area contributed by atoms with Crippen molar-refractivity contribution in [1.29, 1.82) is 0 Å². The molecule has 0 fully saturated rings. The minimum absolute atomic E-state index is 0.0215. The van der Waals surface area contributed by atoms with Crippen LogP contribution in [0.2, 0.25) is 0 Å². The van der Waals surface area contributed by atoms with Crippen LogP contribution in [0.25, 0.3) is 0 Å². The van der Waals surface area contributed by atoms with Gasteiger partial charge in [-0.25, -0.2) is 0 Å². The summed E-state index contributed by atoms with van der Waals surface area (Å²) in [5.41, 5.74) is 1.38. The third-order valence-electron chi connectivity index (χ3n) is 4.85. The van der Waals surface area contributed by atoms with E-state index in [9.17, 15) is 4.79 Å². The van der Waals surface area contributed by atoms with Crippen molar-refractivity contribution < 1.29 is 9.53 Å². The Morgan fingerprint density at radius 3 is 2.88 bits per heavy atom. The number of hydrogen-bond donors (Lipinski definition) is 0. The van der Waals surface area contributed by atoms with Crippen molar-refractivity contribution in [2.45, 2.75) is 33.0 Å². The third kappa shape index (κ3) is 5.19. The zero-order valence-electron chi connectivity index (χ0n) is 16.0. The Labute approximate surface area is 160 Å². The first-order valence-electron chi connectivity index (χ1n) is 9.21. The smallest absolute Gasteiger partial charge is 0.248 e. The molecule has 6 heteroatoms. The van der Waals surface area contributed by atoms with Crippen molar-refractivity contribution in [3.05, 3.63) is 45.9 Å². The number of carbonyl (C=O) groups is 1. The average molecular weight is 376 g/mol. The van der Waals surface area contributed by atoms with Crippen molar-refractivity contribution >= 4 is 17.2 Å². The van der Waals surface area contributed by atoms with E-state index in [4.69, 9.17) is 4.74 Å². The highest BCUT2D eigenvalue weighted by Gasteiger charge is 2.22. The van der Waals surface area contributed by atoms with Crippen LogP contribution in [-0.4, -0.2) is 54.1 Å². The van der Waals surface area contributed by atoms with Gasteiger partial charge in [-0.15, -0.1) is 11.3 Å². The molecular formula is C20H29N3O2S. The Morgan fingerprint density at radius 2 is 2.15 bits per heavy atom. The summed E-state index contributed by atoms with van der Waals surface area (Å²) in [6.07, 6.45) is 3.15. The third-order valence-corrected chi connectivity index (χ3v) is 5.84. The molecule has 0 N–H and O–H groups in total. The molecule has 142 valence electrons. The van der Waals surface area contributed by atoms with Crippen LogP contribution < -0.4 is 0 Å². The number of hydrogen-bond acceptors (Lipinski definition) is 4. The molecule has 0 spiro atoms. The van der Waals surface area contributed by atoms with E-state index in [1.165, 1.54) is 15.4 Å². The van der Waals surface area contributed by atoms with Gasteiger partial charge in [0.1, 0.15) is 6.61 Å². The van der Waals surface area contributed by atoms with E-state index in [1.807, 2.05) is 11.3 Å². The molecule has 0 aromatic carbocycles. The van der Waals surface area contributed by atoms with Gasteiger partial charge in [-0.1, -0.05) is 0 Å². The highest BCUT2D eigenvalue weighted by Crippen LogP contribution is 2.23. The molecular weight excluding hydrogens is 346 g/mol. The number of aromatic nitrogens is 1. The Morgan fingerprint density at radius 1 is 1.31 bits per heavy atom. The van der Waals surface area contributed by atoms with Gasteiger partial charge in [0.25, 0.3) is 0 Å². The van der Waals surface area contributed by atoms with Crippen LogP contribution in [-0.2, 0) is 29.2 Å². The molecule has 5 nitrogen and oxygen atoms in total. The maximum Gasteiger partial charge on any atom is 0.248 e. The average Bonchev–Trinajstić information content (AvgIpc) is 3.16. The number of thiophene rings is 1. The first-order chi connectivity index (χ1) is 12.5. The normalized spacial score (nSPS) is 17.7. The molecule has 1 atom stereocenters. The lowest BCUT2D eigenvalue weighted by Crippen LogP contribution is -2.29. The summed E-state index contributed by atoms with van der Waals surface area (Å²) in [5, 5.41) is 0. The van der Waals surface area contributed by atoms with Gasteiger partial charge in [-0.05, 0) is 43.5 Å². The van der Waals surface area contributed by atoms with Crippen LogP contribution in [0.5, 0.6) is 0 Å². The number of ether oxygens (including phenoxy) is 1. The summed E-state index contributed by atoms with van der Waals surface area (Å²) >= 11 is 1.88. The Balaban J connectivity index is 1.57. The van der Waals surface area contributed by atoms with Crippen LogP contribution in [0, 0.1) is 12.8 Å². The van der Waals surface area contributed by atoms with Crippen LogP contribution in [0.4, 0.5) is 0 Å². The van der Waals surface area contributed by atoms with Crippen LogP contribution in [0.15, 0.2) is 30.5 Å². The van der Waals surface area contributed by atoms with Gasteiger partial charge in [0, 0.05) is 68.5 Å². The second kappa shape index (κ2) is 8.84. The number of rotatable bonds is 7. The van der Waals surface area contributed by atoms with E-state index in [1.54, 1.807) is 19.0 Å². The minimum Gasteiger partial charge on any atom is -0.372 e. The first-order valence-corrected chi connectivity index (χ1v) is 10.0. The van der Waals surface area contributed by atoms with E-state index in [2.05, 4.69) is 46.9 Å². The lowest BCUT2D eigenvalue weighted by atomic mass is 10.1. The topological polar surface area (TPSA) is 37.7 Å². The number of fused-ring (bicyclic) bond motifs is 1. The molecule has 0 bridgehead atoms. The zero-order valence-corrected chi connectivity index (χ0v) is 16.8.